The number of pyridine rings is 1. The van der Waals surface area contributed by atoms with Gasteiger partial charge in [-0.2, -0.15) is 0 Å². The molecule has 2 heterocycles. The minimum Gasteiger partial charge on any atom is -0.457 e. The molecule has 0 aliphatic carbocycles. The maximum Gasteiger partial charge on any atom is 0.220 e. The van der Waals surface area contributed by atoms with Crippen molar-refractivity contribution < 1.29 is 9.53 Å². The third kappa shape index (κ3) is 5.58. The summed E-state index contributed by atoms with van der Waals surface area (Å²) in [5.74, 6) is 1.42. The van der Waals surface area contributed by atoms with Gasteiger partial charge in [0.2, 0.25) is 5.91 Å². The molecular weight excluding hydrogens is 378 g/mol. The number of fused-ring (bicyclic) bond motifs is 1. The molecule has 1 unspecified atom stereocenters. The maximum absolute atomic E-state index is 12.3. The molecule has 0 aliphatic rings. The van der Waals surface area contributed by atoms with Crippen LogP contribution in [0.4, 0.5) is 0 Å². The lowest BCUT2D eigenvalue weighted by Gasteiger charge is -2.17. The largest absolute Gasteiger partial charge is 0.457 e. The molecule has 3 aromatic rings. The average molecular weight is 410 g/mol. The van der Waals surface area contributed by atoms with Gasteiger partial charge >= 0.3 is 0 Å². The summed E-state index contributed by atoms with van der Waals surface area (Å²) in [6.07, 6.45) is 4.93. The average Bonchev–Trinajstić information content (AvgIpc) is 3.11. The van der Waals surface area contributed by atoms with E-state index in [4.69, 9.17) is 10.5 Å². The van der Waals surface area contributed by atoms with E-state index in [-0.39, 0.29) is 11.8 Å². The van der Waals surface area contributed by atoms with Gasteiger partial charge in [-0.15, -0.1) is 0 Å². The Labute approximate surface area is 177 Å². The summed E-state index contributed by atoms with van der Waals surface area (Å²) in [6.45, 7) is 4.03. The lowest BCUT2D eigenvalue weighted by molar-refractivity contribution is -0.121. The van der Waals surface area contributed by atoms with Gasteiger partial charge in [-0.3, -0.25) is 4.79 Å². The molecule has 1 atom stereocenters. The number of nitrogens with zero attached hydrogens (tertiary/aromatic N) is 2. The molecule has 0 saturated heterocycles. The van der Waals surface area contributed by atoms with Crippen molar-refractivity contribution in [3.8, 4) is 11.5 Å². The van der Waals surface area contributed by atoms with Crippen LogP contribution in [0.5, 0.6) is 11.5 Å². The maximum atomic E-state index is 12.3. The number of nitrogens with two attached hydrogens (primary N) is 1. The molecule has 30 heavy (non-hydrogen) atoms. The lowest BCUT2D eigenvalue weighted by Crippen LogP contribution is -2.29. The molecule has 1 amide bonds. The summed E-state index contributed by atoms with van der Waals surface area (Å²) in [7, 11) is 4.05. The number of amides is 1. The molecule has 0 fully saturated rings. The van der Waals surface area contributed by atoms with Crippen LogP contribution in [0.1, 0.15) is 29.9 Å². The number of aryl methyl sites for hydroxylation is 1. The van der Waals surface area contributed by atoms with Crippen LogP contribution in [-0.2, 0) is 4.79 Å². The Balaban J connectivity index is 1.67. The normalized spacial score (nSPS) is 12.3. The SMILES string of the molecule is Cc1c[nH]c2nccc(Oc3cccc(C(CN)CC(=O)NCCCN(C)C)c3)c12. The van der Waals surface area contributed by atoms with Crippen LogP contribution in [0.3, 0.4) is 0 Å². The summed E-state index contributed by atoms with van der Waals surface area (Å²) in [4.78, 5) is 21.9. The highest BCUT2D eigenvalue weighted by molar-refractivity contribution is 5.86. The van der Waals surface area contributed by atoms with E-state index in [0.717, 1.165) is 40.9 Å². The van der Waals surface area contributed by atoms with Crippen LogP contribution in [-0.4, -0.2) is 54.5 Å². The van der Waals surface area contributed by atoms with Gasteiger partial charge in [0.15, 0.2) is 0 Å². The van der Waals surface area contributed by atoms with Crippen LogP contribution in [0.15, 0.2) is 42.7 Å². The van der Waals surface area contributed by atoms with E-state index in [0.29, 0.717) is 25.3 Å². The summed E-state index contributed by atoms with van der Waals surface area (Å²) in [5, 5.41) is 3.96. The summed E-state index contributed by atoms with van der Waals surface area (Å²) >= 11 is 0. The molecule has 1 aromatic carbocycles. The van der Waals surface area contributed by atoms with Crippen molar-refractivity contribution in [1.82, 2.24) is 20.2 Å². The number of benzene rings is 1. The topological polar surface area (TPSA) is 96.3 Å². The van der Waals surface area contributed by atoms with Gasteiger partial charge in [0.05, 0.1) is 5.39 Å². The smallest absolute Gasteiger partial charge is 0.220 e. The number of aromatic nitrogens is 2. The Hall–Kier alpha value is -2.90. The molecule has 0 bridgehead atoms. The molecule has 0 aliphatic heterocycles. The Morgan fingerprint density at radius 1 is 1.33 bits per heavy atom. The first kappa shape index (κ1) is 21.8. The Morgan fingerprint density at radius 2 is 2.17 bits per heavy atom. The molecule has 0 radical (unpaired) electrons. The minimum absolute atomic E-state index is 0.0225. The first-order valence-corrected chi connectivity index (χ1v) is 10.3. The highest BCUT2D eigenvalue weighted by atomic mass is 16.5. The second kappa shape index (κ2) is 10.2. The quantitative estimate of drug-likeness (QED) is 0.447. The second-order valence-electron chi connectivity index (χ2n) is 7.82. The highest BCUT2D eigenvalue weighted by Crippen LogP contribution is 2.32. The Bertz CT molecular complexity index is 983. The monoisotopic (exact) mass is 409 g/mol. The van der Waals surface area contributed by atoms with E-state index in [1.165, 1.54) is 0 Å². The zero-order valence-electron chi connectivity index (χ0n) is 17.9. The predicted molar refractivity (Wildman–Crippen MR) is 120 cm³/mol. The van der Waals surface area contributed by atoms with E-state index < -0.39 is 0 Å². The molecule has 2 aromatic heterocycles. The molecule has 0 saturated carbocycles. The van der Waals surface area contributed by atoms with Crippen molar-refractivity contribution >= 4 is 16.9 Å². The van der Waals surface area contributed by atoms with E-state index >= 15 is 0 Å². The van der Waals surface area contributed by atoms with E-state index in [1.807, 2.05) is 57.5 Å². The Kier molecular flexibility index (Phi) is 7.43. The van der Waals surface area contributed by atoms with Crippen molar-refractivity contribution in [3.05, 3.63) is 53.9 Å². The van der Waals surface area contributed by atoms with Gasteiger partial charge in [0, 0.05) is 31.3 Å². The third-order valence-electron chi connectivity index (χ3n) is 5.11. The lowest BCUT2D eigenvalue weighted by atomic mass is 9.95. The van der Waals surface area contributed by atoms with E-state index in [9.17, 15) is 4.79 Å². The van der Waals surface area contributed by atoms with Crippen molar-refractivity contribution in [2.45, 2.75) is 25.7 Å². The van der Waals surface area contributed by atoms with Gasteiger partial charge < -0.3 is 25.7 Å². The number of H-pyrrole nitrogens is 1. The fourth-order valence-electron chi connectivity index (χ4n) is 3.48. The molecule has 0 spiro atoms. The highest BCUT2D eigenvalue weighted by Gasteiger charge is 2.16. The predicted octanol–water partition coefficient (Wildman–Crippen LogP) is 3.16. The number of ether oxygens (including phenoxy) is 1. The van der Waals surface area contributed by atoms with Gasteiger partial charge in [-0.1, -0.05) is 12.1 Å². The van der Waals surface area contributed by atoms with Crippen LogP contribution in [0.2, 0.25) is 0 Å². The summed E-state index contributed by atoms with van der Waals surface area (Å²) in [5.41, 5.74) is 8.86. The fourth-order valence-corrected chi connectivity index (χ4v) is 3.48. The second-order valence-corrected chi connectivity index (χ2v) is 7.82. The number of hydrogen-bond donors (Lipinski definition) is 3. The number of carbonyl (C=O) groups is 1. The van der Waals surface area contributed by atoms with E-state index in [2.05, 4.69) is 20.2 Å². The zero-order chi connectivity index (χ0) is 21.5. The Morgan fingerprint density at radius 3 is 2.93 bits per heavy atom. The summed E-state index contributed by atoms with van der Waals surface area (Å²) < 4.78 is 6.17. The zero-order valence-corrected chi connectivity index (χ0v) is 17.9. The third-order valence-corrected chi connectivity index (χ3v) is 5.11. The van der Waals surface area contributed by atoms with Gasteiger partial charge in [-0.05, 0) is 69.9 Å². The molecule has 7 heteroatoms. The van der Waals surface area contributed by atoms with Crippen LogP contribution in [0, 0.1) is 6.92 Å². The first-order chi connectivity index (χ1) is 14.5. The van der Waals surface area contributed by atoms with Crippen molar-refractivity contribution in [3.63, 3.8) is 0 Å². The van der Waals surface area contributed by atoms with Crippen LogP contribution in [0.25, 0.3) is 11.0 Å². The van der Waals surface area contributed by atoms with Crippen molar-refractivity contribution in [2.75, 3.05) is 33.7 Å². The number of rotatable bonds is 10. The standard InChI is InChI=1S/C23H31N5O2/c1-16-15-27-23-22(16)20(8-10-26-23)30-19-7-4-6-17(12-19)18(14-24)13-21(29)25-9-5-11-28(2)3/h4,6-8,10,12,15,18H,5,9,11,13-14,24H2,1-3H3,(H,25,29)(H,26,27). The molecule has 4 N–H and O–H groups in total. The summed E-state index contributed by atoms with van der Waals surface area (Å²) in [6, 6.07) is 9.66. The van der Waals surface area contributed by atoms with Crippen LogP contribution >= 0.6 is 0 Å². The van der Waals surface area contributed by atoms with Gasteiger partial charge in [-0.25, -0.2) is 4.98 Å². The number of nitrogens with one attached hydrogen (secondary N) is 2. The van der Waals surface area contributed by atoms with Crippen LogP contribution < -0.4 is 15.8 Å². The van der Waals surface area contributed by atoms with Gasteiger partial charge in [0.1, 0.15) is 17.1 Å². The molecule has 3 rings (SSSR count). The molecule has 160 valence electrons. The van der Waals surface area contributed by atoms with Crippen molar-refractivity contribution in [1.29, 1.82) is 0 Å². The van der Waals surface area contributed by atoms with Crippen molar-refractivity contribution in [2.24, 2.45) is 5.73 Å². The van der Waals surface area contributed by atoms with E-state index in [1.54, 1.807) is 6.20 Å². The number of carbonyl (C=O) groups excluding carboxylic acids is 1. The number of hydrogen-bond acceptors (Lipinski definition) is 5. The fraction of sp³-hybridized carbons (Fsp3) is 0.391. The first-order valence-electron chi connectivity index (χ1n) is 10.3. The molecular formula is C23H31N5O2. The minimum atomic E-state index is -0.0612. The number of aromatic amines is 1. The molecule has 7 nitrogen and oxygen atoms in total. The van der Waals surface area contributed by atoms with Gasteiger partial charge in [0.25, 0.3) is 0 Å².